The summed E-state index contributed by atoms with van der Waals surface area (Å²) in [5.41, 5.74) is 0. The maximum absolute atomic E-state index is 6.02. The molecule has 118 valence electrons. The molecule has 0 unspecified atom stereocenters. The highest BCUT2D eigenvalue weighted by molar-refractivity contribution is 6.42. The number of piperidine rings is 1. The average Bonchev–Trinajstić information content (AvgIpc) is 2.89. The van der Waals surface area contributed by atoms with Crippen molar-refractivity contribution in [3.05, 3.63) is 40.0 Å². The number of benzene rings is 1. The zero-order valence-electron chi connectivity index (χ0n) is 12.3. The van der Waals surface area contributed by atoms with Gasteiger partial charge in [-0.15, -0.1) is 10.2 Å². The third-order valence-corrected chi connectivity index (χ3v) is 4.32. The monoisotopic (exact) mass is 341 g/mol. The number of ether oxygens (including phenoxy) is 1. The lowest BCUT2D eigenvalue weighted by Crippen LogP contribution is -2.40. The lowest BCUT2D eigenvalue weighted by atomic mass is 10.1. The van der Waals surface area contributed by atoms with Crippen molar-refractivity contribution in [1.82, 2.24) is 15.1 Å². The summed E-state index contributed by atoms with van der Waals surface area (Å²) in [5.74, 6) is 1.98. The molecule has 22 heavy (non-hydrogen) atoms. The van der Waals surface area contributed by atoms with Gasteiger partial charge in [0.05, 0.1) is 16.6 Å². The highest BCUT2D eigenvalue weighted by atomic mass is 35.5. The molecule has 1 saturated heterocycles. The summed E-state index contributed by atoms with van der Waals surface area (Å²) in [4.78, 5) is 2.26. The number of rotatable bonds is 4. The Morgan fingerprint density at radius 2 is 2.18 bits per heavy atom. The normalized spacial score (nSPS) is 19.3. The fourth-order valence-electron chi connectivity index (χ4n) is 2.59. The molecule has 3 rings (SSSR count). The number of likely N-dealkylation sites (tertiary alicyclic amines) is 1. The lowest BCUT2D eigenvalue weighted by Gasteiger charge is -2.32. The van der Waals surface area contributed by atoms with E-state index in [1.54, 1.807) is 19.1 Å². The minimum absolute atomic E-state index is 0.120. The molecule has 0 saturated carbocycles. The third kappa shape index (κ3) is 3.91. The molecule has 1 atom stereocenters. The molecule has 7 heteroatoms. The molecule has 0 aliphatic carbocycles. The summed E-state index contributed by atoms with van der Waals surface area (Å²) in [6, 6.07) is 5.35. The van der Waals surface area contributed by atoms with Crippen molar-refractivity contribution in [3.8, 4) is 5.75 Å². The van der Waals surface area contributed by atoms with Gasteiger partial charge in [0.2, 0.25) is 11.8 Å². The van der Waals surface area contributed by atoms with Crippen LogP contribution in [0.3, 0.4) is 0 Å². The Balaban J connectivity index is 1.59. The summed E-state index contributed by atoms with van der Waals surface area (Å²) in [6.45, 7) is 4.27. The predicted molar refractivity (Wildman–Crippen MR) is 84.4 cm³/mol. The van der Waals surface area contributed by atoms with E-state index in [1.807, 2.05) is 6.07 Å². The number of hydrogen-bond acceptors (Lipinski definition) is 5. The predicted octanol–water partition coefficient (Wildman–Crippen LogP) is 3.73. The van der Waals surface area contributed by atoms with Crippen molar-refractivity contribution < 1.29 is 9.15 Å². The van der Waals surface area contributed by atoms with Crippen LogP contribution in [0, 0.1) is 6.92 Å². The van der Waals surface area contributed by atoms with Gasteiger partial charge in [-0.05, 0) is 31.5 Å². The van der Waals surface area contributed by atoms with Crippen LogP contribution in [0.5, 0.6) is 5.75 Å². The number of hydrogen-bond donors (Lipinski definition) is 0. The lowest BCUT2D eigenvalue weighted by molar-refractivity contribution is 0.0789. The van der Waals surface area contributed by atoms with Gasteiger partial charge in [0, 0.05) is 19.5 Å². The first kappa shape index (κ1) is 15.6. The summed E-state index contributed by atoms with van der Waals surface area (Å²) in [5, 5.41) is 8.93. The van der Waals surface area contributed by atoms with Gasteiger partial charge in [0.25, 0.3) is 0 Å². The van der Waals surface area contributed by atoms with E-state index in [2.05, 4.69) is 15.1 Å². The Hall–Kier alpha value is -1.30. The van der Waals surface area contributed by atoms with Crippen LogP contribution in [-0.2, 0) is 6.54 Å². The van der Waals surface area contributed by atoms with E-state index in [-0.39, 0.29) is 6.10 Å². The molecule has 1 aliphatic rings. The Kier molecular flexibility index (Phi) is 4.86. The van der Waals surface area contributed by atoms with Crippen LogP contribution in [0.2, 0.25) is 10.0 Å². The van der Waals surface area contributed by atoms with Gasteiger partial charge < -0.3 is 9.15 Å². The quantitative estimate of drug-likeness (QED) is 0.847. The maximum Gasteiger partial charge on any atom is 0.230 e. The fourth-order valence-corrected chi connectivity index (χ4v) is 2.88. The van der Waals surface area contributed by atoms with Crippen LogP contribution >= 0.6 is 23.2 Å². The average molecular weight is 342 g/mol. The Morgan fingerprint density at radius 3 is 2.91 bits per heavy atom. The first-order valence-electron chi connectivity index (χ1n) is 7.23. The molecule has 5 nitrogen and oxygen atoms in total. The molecule has 0 N–H and O–H groups in total. The van der Waals surface area contributed by atoms with Crippen molar-refractivity contribution >= 4 is 23.2 Å². The second kappa shape index (κ2) is 6.86. The largest absolute Gasteiger partial charge is 0.489 e. The first-order valence-corrected chi connectivity index (χ1v) is 7.99. The number of nitrogens with zero attached hydrogens (tertiary/aromatic N) is 3. The molecular formula is C15H17Cl2N3O2. The topological polar surface area (TPSA) is 51.4 Å². The van der Waals surface area contributed by atoms with Crippen LogP contribution in [0.25, 0.3) is 0 Å². The molecule has 0 spiro atoms. The van der Waals surface area contributed by atoms with E-state index in [0.717, 1.165) is 31.7 Å². The molecule has 1 aliphatic heterocycles. The zero-order valence-corrected chi connectivity index (χ0v) is 13.8. The number of aryl methyl sites for hydroxylation is 1. The van der Waals surface area contributed by atoms with E-state index in [9.17, 15) is 0 Å². The minimum Gasteiger partial charge on any atom is -0.489 e. The first-order chi connectivity index (χ1) is 10.6. The molecule has 1 aromatic carbocycles. The van der Waals surface area contributed by atoms with Crippen molar-refractivity contribution in [3.63, 3.8) is 0 Å². The van der Waals surface area contributed by atoms with Gasteiger partial charge in [0.1, 0.15) is 11.9 Å². The summed E-state index contributed by atoms with van der Waals surface area (Å²) in [7, 11) is 0. The Bertz CT molecular complexity index is 647. The molecule has 0 radical (unpaired) electrons. The van der Waals surface area contributed by atoms with Crippen molar-refractivity contribution in [2.75, 3.05) is 13.1 Å². The van der Waals surface area contributed by atoms with Gasteiger partial charge in [-0.25, -0.2) is 0 Å². The van der Waals surface area contributed by atoms with Gasteiger partial charge >= 0.3 is 0 Å². The highest BCUT2D eigenvalue weighted by Gasteiger charge is 2.23. The standard InChI is InChI=1S/C15H17Cl2N3O2/c1-10-18-19-15(21-10)9-20-6-2-3-12(8-20)22-11-4-5-13(16)14(17)7-11/h4-5,7,12H,2-3,6,8-9H2,1H3/t12-/m0/s1. The molecular weight excluding hydrogens is 325 g/mol. The number of aromatic nitrogens is 2. The van der Waals surface area contributed by atoms with E-state index < -0.39 is 0 Å². The second-order valence-electron chi connectivity index (χ2n) is 5.41. The van der Waals surface area contributed by atoms with Gasteiger partial charge in [-0.3, -0.25) is 4.90 Å². The molecule has 2 heterocycles. The van der Waals surface area contributed by atoms with E-state index >= 15 is 0 Å². The van der Waals surface area contributed by atoms with Crippen LogP contribution < -0.4 is 4.74 Å². The molecule has 2 aromatic rings. The van der Waals surface area contributed by atoms with E-state index in [0.29, 0.717) is 28.4 Å². The highest BCUT2D eigenvalue weighted by Crippen LogP contribution is 2.28. The van der Waals surface area contributed by atoms with E-state index in [4.69, 9.17) is 32.4 Å². The smallest absolute Gasteiger partial charge is 0.230 e. The molecule has 1 aromatic heterocycles. The third-order valence-electron chi connectivity index (χ3n) is 3.58. The Labute approximate surface area is 139 Å². The van der Waals surface area contributed by atoms with Gasteiger partial charge in [0.15, 0.2) is 0 Å². The van der Waals surface area contributed by atoms with Crippen LogP contribution in [0.1, 0.15) is 24.6 Å². The molecule has 1 fully saturated rings. The van der Waals surface area contributed by atoms with Gasteiger partial charge in [-0.1, -0.05) is 23.2 Å². The van der Waals surface area contributed by atoms with Crippen molar-refractivity contribution in [2.24, 2.45) is 0 Å². The Morgan fingerprint density at radius 1 is 1.32 bits per heavy atom. The van der Waals surface area contributed by atoms with Crippen LogP contribution in [0.4, 0.5) is 0 Å². The van der Waals surface area contributed by atoms with Crippen molar-refractivity contribution in [2.45, 2.75) is 32.4 Å². The van der Waals surface area contributed by atoms with E-state index in [1.165, 1.54) is 0 Å². The molecule has 0 bridgehead atoms. The summed E-state index contributed by atoms with van der Waals surface area (Å²) >= 11 is 11.9. The molecule has 0 amide bonds. The second-order valence-corrected chi connectivity index (χ2v) is 6.22. The van der Waals surface area contributed by atoms with Gasteiger partial charge in [-0.2, -0.15) is 0 Å². The van der Waals surface area contributed by atoms with Crippen LogP contribution in [-0.4, -0.2) is 34.3 Å². The maximum atomic E-state index is 6.02. The zero-order chi connectivity index (χ0) is 15.5. The van der Waals surface area contributed by atoms with Crippen molar-refractivity contribution in [1.29, 1.82) is 0 Å². The number of halogens is 2. The SMILES string of the molecule is Cc1nnc(CN2CCC[C@H](Oc3ccc(Cl)c(Cl)c3)C2)o1. The summed E-state index contributed by atoms with van der Waals surface area (Å²) < 4.78 is 11.4. The minimum atomic E-state index is 0.120. The summed E-state index contributed by atoms with van der Waals surface area (Å²) in [6.07, 6.45) is 2.20. The van der Waals surface area contributed by atoms with Crippen LogP contribution in [0.15, 0.2) is 22.6 Å². The fraction of sp³-hybridized carbons (Fsp3) is 0.467.